The summed E-state index contributed by atoms with van der Waals surface area (Å²) in [4.78, 5) is 26.3. The Bertz CT molecular complexity index is 584. The van der Waals surface area contributed by atoms with Gasteiger partial charge in [-0.05, 0) is 57.9 Å². The van der Waals surface area contributed by atoms with Crippen LogP contribution in [0.1, 0.15) is 63.2 Å². The molecule has 0 heterocycles. The summed E-state index contributed by atoms with van der Waals surface area (Å²) >= 11 is 0. The number of hydrogen-bond acceptors (Lipinski definition) is 3. The van der Waals surface area contributed by atoms with Crippen LogP contribution >= 0.6 is 0 Å². The van der Waals surface area contributed by atoms with Gasteiger partial charge in [0.2, 0.25) is 5.91 Å². The van der Waals surface area contributed by atoms with Crippen molar-refractivity contribution in [2.75, 3.05) is 18.9 Å². The van der Waals surface area contributed by atoms with Gasteiger partial charge in [0.1, 0.15) is 0 Å². The molecule has 1 aromatic rings. The lowest BCUT2D eigenvalue weighted by Crippen LogP contribution is -2.41. The summed E-state index contributed by atoms with van der Waals surface area (Å²) in [6.07, 6.45) is 5.94. The van der Waals surface area contributed by atoms with Gasteiger partial charge in [-0.15, -0.1) is 0 Å². The Kier molecular flexibility index (Phi) is 6.45. The van der Waals surface area contributed by atoms with Gasteiger partial charge in [0.25, 0.3) is 5.91 Å². The first-order chi connectivity index (χ1) is 11.8. The summed E-state index contributed by atoms with van der Waals surface area (Å²) in [5, 5.41) is 6.09. The largest absolute Gasteiger partial charge is 0.376 e. The minimum atomic E-state index is -0.260. The monoisotopic (exact) mass is 345 g/mol. The lowest BCUT2D eigenvalue weighted by molar-refractivity contribution is -0.130. The van der Waals surface area contributed by atoms with Crippen molar-refractivity contribution >= 4 is 17.5 Å². The second-order valence-electron chi connectivity index (χ2n) is 7.93. The van der Waals surface area contributed by atoms with E-state index in [9.17, 15) is 9.59 Å². The molecule has 0 radical (unpaired) electrons. The molecule has 5 heteroatoms. The SMILES string of the molecule is CN(C(=O)CNc1ccc(C(=O)NC(C)(C)C)cc1)C1CCCCC1. The standard InChI is InChI=1S/C20H31N3O2/c1-20(2,3)22-19(25)15-10-12-16(13-11-15)21-14-18(24)23(4)17-8-6-5-7-9-17/h10-13,17,21H,5-9,14H2,1-4H3,(H,22,25). The maximum absolute atomic E-state index is 12.3. The van der Waals surface area contributed by atoms with E-state index in [4.69, 9.17) is 0 Å². The highest BCUT2D eigenvalue weighted by Gasteiger charge is 2.21. The van der Waals surface area contributed by atoms with Gasteiger partial charge >= 0.3 is 0 Å². The van der Waals surface area contributed by atoms with Crippen molar-refractivity contribution in [2.24, 2.45) is 0 Å². The van der Waals surface area contributed by atoms with Crippen LogP contribution in [0.25, 0.3) is 0 Å². The number of nitrogens with zero attached hydrogens (tertiary/aromatic N) is 1. The topological polar surface area (TPSA) is 61.4 Å². The molecular formula is C20H31N3O2. The number of hydrogen-bond donors (Lipinski definition) is 2. The third kappa shape index (κ3) is 6.07. The summed E-state index contributed by atoms with van der Waals surface area (Å²) in [7, 11) is 1.90. The van der Waals surface area contributed by atoms with Crippen LogP contribution in [0, 0.1) is 0 Å². The first-order valence-corrected chi connectivity index (χ1v) is 9.18. The zero-order valence-corrected chi connectivity index (χ0v) is 15.9. The number of carbonyl (C=O) groups is 2. The van der Waals surface area contributed by atoms with Gasteiger partial charge in [-0.2, -0.15) is 0 Å². The summed E-state index contributed by atoms with van der Waals surface area (Å²) in [5.74, 6) is 0.0219. The second-order valence-corrected chi connectivity index (χ2v) is 7.93. The average molecular weight is 345 g/mol. The zero-order chi connectivity index (χ0) is 18.4. The van der Waals surface area contributed by atoms with Gasteiger partial charge < -0.3 is 15.5 Å². The normalized spacial score (nSPS) is 15.5. The molecule has 1 aliphatic carbocycles. The highest BCUT2D eigenvalue weighted by Crippen LogP contribution is 2.21. The van der Waals surface area contributed by atoms with Crippen LogP contribution in [0.2, 0.25) is 0 Å². The maximum atomic E-state index is 12.3. The van der Waals surface area contributed by atoms with Crippen LogP contribution in [-0.4, -0.2) is 41.9 Å². The van der Waals surface area contributed by atoms with Crippen molar-refractivity contribution in [2.45, 2.75) is 64.5 Å². The van der Waals surface area contributed by atoms with Gasteiger partial charge in [-0.3, -0.25) is 9.59 Å². The van der Waals surface area contributed by atoms with Crippen molar-refractivity contribution in [3.05, 3.63) is 29.8 Å². The fraction of sp³-hybridized carbons (Fsp3) is 0.600. The molecule has 0 aliphatic heterocycles. The minimum Gasteiger partial charge on any atom is -0.376 e. The summed E-state index contributed by atoms with van der Waals surface area (Å²) in [6, 6.07) is 7.61. The van der Waals surface area contributed by atoms with Gasteiger partial charge in [-0.1, -0.05) is 19.3 Å². The molecule has 0 saturated heterocycles. The minimum absolute atomic E-state index is 0.0906. The molecule has 1 aromatic carbocycles. The van der Waals surface area contributed by atoms with E-state index in [1.165, 1.54) is 19.3 Å². The predicted molar refractivity (Wildman–Crippen MR) is 102 cm³/mol. The Morgan fingerprint density at radius 3 is 2.24 bits per heavy atom. The van der Waals surface area contributed by atoms with E-state index in [-0.39, 0.29) is 23.9 Å². The molecule has 1 fully saturated rings. The average Bonchev–Trinajstić information content (AvgIpc) is 2.58. The number of anilines is 1. The quantitative estimate of drug-likeness (QED) is 0.859. The van der Waals surface area contributed by atoms with Gasteiger partial charge in [0.05, 0.1) is 6.54 Å². The third-order valence-electron chi connectivity index (χ3n) is 4.60. The van der Waals surface area contributed by atoms with E-state index in [1.54, 1.807) is 12.1 Å². The number of rotatable bonds is 5. The molecule has 1 saturated carbocycles. The van der Waals surface area contributed by atoms with E-state index in [2.05, 4.69) is 10.6 Å². The molecule has 1 aliphatic rings. The van der Waals surface area contributed by atoms with Crippen LogP contribution in [-0.2, 0) is 4.79 Å². The second kappa shape index (κ2) is 8.37. The van der Waals surface area contributed by atoms with Crippen LogP contribution in [0.3, 0.4) is 0 Å². The zero-order valence-electron chi connectivity index (χ0n) is 15.9. The highest BCUT2D eigenvalue weighted by molar-refractivity contribution is 5.95. The fourth-order valence-corrected chi connectivity index (χ4v) is 3.13. The lowest BCUT2D eigenvalue weighted by atomic mass is 9.94. The first kappa shape index (κ1) is 19.3. The van der Waals surface area contributed by atoms with Gasteiger partial charge in [-0.25, -0.2) is 0 Å². The van der Waals surface area contributed by atoms with Crippen molar-refractivity contribution in [1.29, 1.82) is 0 Å². The van der Waals surface area contributed by atoms with Crippen LogP contribution in [0.5, 0.6) is 0 Å². The Morgan fingerprint density at radius 2 is 1.68 bits per heavy atom. The Balaban J connectivity index is 1.84. The molecule has 5 nitrogen and oxygen atoms in total. The highest BCUT2D eigenvalue weighted by atomic mass is 16.2. The summed E-state index contributed by atoms with van der Waals surface area (Å²) in [5.41, 5.74) is 1.20. The molecule has 2 rings (SSSR count). The molecule has 138 valence electrons. The Morgan fingerprint density at radius 1 is 1.08 bits per heavy atom. The number of amides is 2. The molecule has 0 unspecified atom stereocenters. The summed E-state index contributed by atoms with van der Waals surface area (Å²) in [6.45, 7) is 6.14. The molecule has 0 aromatic heterocycles. The molecule has 2 amide bonds. The smallest absolute Gasteiger partial charge is 0.251 e. The molecule has 25 heavy (non-hydrogen) atoms. The first-order valence-electron chi connectivity index (χ1n) is 9.18. The van der Waals surface area contributed by atoms with Crippen molar-refractivity contribution in [3.63, 3.8) is 0 Å². The van der Waals surface area contributed by atoms with E-state index < -0.39 is 0 Å². The summed E-state index contributed by atoms with van der Waals surface area (Å²) < 4.78 is 0. The number of nitrogens with one attached hydrogen (secondary N) is 2. The van der Waals surface area contributed by atoms with Crippen LogP contribution in [0.4, 0.5) is 5.69 Å². The predicted octanol–water partition coefficient (Wildman–Crippen LogP) is 3.42. The van der Waals surface area contributed by atoms with Crippen LogP contribution in [0.15, 0.2) is 24.3 Å². The number of benzene rings is 1. The van der Waals surface area contributed by atoms with E-state index in [1.807, 2.05) is 44.9 Å². The molecule has 2 N–H and O–H groups in total. The maximum Gasteiger partial charge on any atom is 0.251 e. The molecule has 0 spiro atoms. The molecule has 0 atom stereocenters. The number of likely N-dealkylation sites (N-methyl/N-ethyl adjacent to an activating group) is 1. The molecular weight excluding hydrogens is 314 g/mol. The van der Waals surface area contributed by atoms with E-state index in [0.29, 0.717) is 11.6 Å². The van der Waals surface area contributed by atoms with E-state index in [0.717, 1.165) is 18.5 Å². The Labute approximate surface area is 151 Å². The van der Waals surface area contributed by atoms with Gasteiger partial charge in [0.15, 0.2) is 0 Å². The van der Waals surface area contributed by atoms with Crippen molar-refractivity contribution in [3.8, 4) is 0 Å². The molecule has 0 bridgehead atoms. The Hall–Kier alpha value is -2.04. The fourth-order valence-electron chi connectivity index (χ4n) is 3.13. The lowest BCUT2D eigenvalue weighted by Gasteiger charge is -2.31. The van der Waals surface area contributed by atoms with Gasteiger partial charge in [0, 0.05) is 29.9 Å². The third-order valence-corrected chi connectivity index (χ3v) is 4.60. The van der Waals surface area contributed by atoms with Crippen molar-refractivity contribution in [1.82, 2.24) is 10.2 Å². The van der Waals surface area contributed by atoms with E-state index >= 15 is 0 Å². The van der Waals surface area contributed by atoms with Crippen molar-refractivity contribution < 1.29 is 9.59 Å². The number of carbonyl (C=O) groups excluding carboxylic acids is 2. The van der Waals surface area contributed by atoms with Crippen LogP contribution < -0.4 is 10.6 Å².